The molecule has 0 saturated carbocycles. The Morgan fingerprint density at radius 2 is 2.33 bits per heavy atom. The van der Waals surface area contributed by atoms with E-state index in [0.29, 0.717) is 12.5 Å². The average Bonchev–Trinajstić information content (AvgIpc) is 2.36. The average molecular weight is 168 g/mol. The van der Waals surface area contributed by atoms with Gasteiger partial charge in [0.05, 0.1) is 12.3 Å². The summed E-state index contributed by atoms with van der Waals surface area (Å²) in [4.78, 5) is 0. The minimum atomic E-state index is 0.596. The number of aromatic nitrogens is 2. The Kier molecular flexibility index (Phi) is 3.29. The molecule has 0 fully saturated rings. The van der Waals surface area contributed by atoms with Gasteiger partial charge in [0.25, 0.3) is 0 Å². The highest BCUT2D eigenvalue weighted by Crippen LogP contribution is 2.00. The van der Waals surface area contributed by atoms with E-state index < -0.39 is 0 Å². The van der Waals surface area contributed by atoms with Crippen molar-refractivity contribution in [2.24, 2.45) is 13.0 Å². The zero-order chi connectivity index (χ0) is 8.97. The van der Waals surface area contributed by atoms with Crippen molar-refractivity contribution in [1.29, 1.82) is 0 Å². The van der Waals surface area contributed by atoms with Gasteiger partial charge in [-0.25, -0.2) is 0 Å². The molecule has 0 atom stereocenters. The lowest BCUT2D eigenvalue weighted by Gasteiger charge is -2.06. The molecule has 68 valence electrons. The van der Waals surface area contributed by atoms with Crippen molar-refractivity contribution in [1.82, 2.24) is 9.78 Å². The van der Waals surface area contributed by atoms with Crippen LogP contribution in [-0.4, -0.2) is 16.4 Å². The third-order valence-electron chi connectivity index (χ3n) is 1.62. The molecule has 0 saturated heterocycles. The minimum Gasteiger partial charge on any atom is -0.375 e. The van der Waals surface area contributed by atoms with Gasteiger partial charge >= 0.3 is 0 Å². The summed E-state index contributed by atoms with van der Waals surface area (Å²) in [7, 11) is 1.92. The lowest BCUT2D eigenvalue weighted by molar-refractivity contribution is 0.0926. The van der Waals surface area contributed by atoms with Crippen LogP contribution in [-0.2, 0) is 18.4 Å². The van der Waals surface area contributed by atoms with Gasteiger partial charge in [0.1, 0.15) is 0 Å². The van der Waals surface area contributed by atoms with Gasteiger partial charge in [-0.1, -0.05) is 13.8 Å². The first-order chi connectivity index (χ1) is 5.70. The van der Waals surface area contributed by atoms with Gasteiger partial charge in [0.2, 0.25) is 0 Å². The number of rotatable bonds is 4. The smallest absolute Gasteiger partial charge is 0.0884 e. The fourth-order valence-electron chi connectivity index (χ4n) is 0.942. The molecule has 3 heteroatoms. The van der Waals surface area contributed by atoms with Crippen LogP contribution in [0.15, 0.2) is 12.3 Å². The first-order valence-electron chi connectivity index (χ1n) is 4.24. The van der Waals surface area contributed by atoms with Crippen LogP contribution in [0.1, 0.15) is 19.5 Å². The lowest BCUT2D eigenvalue weighted by atomic mass is 10.2. The minimum absolute atomic E-state index is 0.596. The molecular weight excluding hydrogens is 152 g/mol. The summed E-state index contributed by atoms with van der Waals surface area (Å²) >= 11 is 0. The molecule has 0 aliphatic rings. The maximum atomic E-state index is 5.46. The summed E-state index contributed by atoms with van der Waals surface area (Å²) in [5.74, 6) is 0.596. The van der Waals surface area contributed by atoms with E-state index >= 15 is 0 Å². The quantitative estimate of drug-likeness (QED) is 0.682. The third-order valence-corrected chi connectivity index (χ3v) is 1.62. The second-order valence-corrected chi connectivity index (χ2v) is 3.36. The maximum absolute atomic E-state index is 5.46. The predicted molar refractivity (Wildman–Crippen MR) is 47.7 cm³/mol. The van der Waals surface area contributed by atoms with Crippen LogP contribution in [0.2, 0.25) is 0 Å². The lowest BCUT2D eigenvalue weighted by Crippen LogP contribution is -2.05. The van der Waals surface area contributed by atoms with E-state index in [9.17, 15) is 0 Å². The standard InChI is InChI=1S/C9H16N2O/c1-8(2)6-12-7-9-4-5-10-11(9)3/h4-5,8H,6-7H2,1-3H3. The Morgan fingerprint density at radius 1 is 1.58 bits per heavy atom. The van der Waals surface area contributed by atoms with Crippen LogP contribution >= 0.6 is 0 Å². The number of hydrogen-bond acceptors (Lipinski definition) is 2. The molecule has 0 bridgehead atoms. The zero-order valence-electron chi connectivity index (χ0n) is 7.95. The van der Waals surface area contributed by atoms with E-state index in [2.05, 4.69) is 18.9 Å². The summed E-state index contributed by atoms with van der Waals surface area (Å²) in [6.45, 7) is 5.76. The van der Waals surface area contributed by atoms with E-state index in [4.69, 9.17) is 4.74 Å². The van der Waals surface area contributed by atoms with Crippen LogP contribution < -0.4 is 0 Å². The zero-order valence-corrected chi connectivity index (χ0v) is 7.95. The number of aryl methyl sites for hydroxylation is 1. The molecule has 0 N–H and O–H groups in total. The van der Waals surface area contributed by atoms with Crippen molar-refractivity contribution < 1.29 is 4.74 Å². The molecule has 0 aliphatic carbocycles. The van der Waals surface area contributed by atoms with Crippen molar-refractivity contribution in [3.8, 4) is 0 Å². The molecule has 0 amide bonds. The van der Waals surface area contributed by atoms with Gasteiger partial charge in [0.15, 0.2) is 0 Å². The van der Waals surface area contributed by atoms with E-state index in [1.165, 1.54) is 0 Å². The normalized spacial score (nSPS) is 11.0. The van der Waals surface area contributed by atoms with E-state index in [1.54, 1.807) is 6.20 Å². The van der Waals surface area contributed by atoms with E-state index in [-0.39, 0.29) is 0 Å². The fourth-order valence-corrected chi connectivity index (χ4v) is 0.942. The molecule has 0 unspecified atom stereocenters. The van der Waals surface area contributed by atoms with Crippen molar-refractivity contribution in [2.75, 3.05) is 6.61 Å². The number of hydrogen-bond donors (Lipinski definition) is 0. The molecule has 3 nitrogen and oxygen atoms in total. The molecule has 0 aromatic carbocycles. The van der Waals surface area contributed by atoms with Crippen molar-refractivity contribution in [2.45, 2.75) is 20.5 Å². The fraction of sp³-hybridized carbons (Fsp3) is 0.667. The molecule has 0 aliphatic heterocycles. The Balaban J connectivity index is 2.29. The second kappa shape index (κ2) is 4.26. The molecule has 1 aromatic rings. The largest absolute Gasteiger partial charge is 0.375 e. The van der Waals surface area contributed by atoms with Crippen LogP contribution in [0.3, 0.4) is 0 Å². The monoisotopic (exact) mass is 168 g/mol. The van der Waals surface area contributed by atoms with E-state index in [1.807, 2.05) is 17.8 Å². The van der Waals surface area contributed by atoms with Gasteiger partial charge in [0, 0.05) is 19.9 Å². The molecule has 0 radical (unpaired) electrons. The highest BCUT2D eigenvalue weighted by atomic mass is 16.5. The highest BCUT2D eigenvalue weighted by Gasteiger charge is 1.98. The Labute approximate surface area is 73.3 Å². The van der Waals surface area contributed by atoms with Crippen LogP contribution in [0.4, 0.5) is 0 Å². The summed E-state index contributed by atoms with van der Waals surface area (Å²) in [6, 6.07) is 1.97. The van der Waals surface area contributed by atoms with Crippen molar-refractivity contribution in [3.63, 3.8) is 0 Å². The number of ether oxygens (including phenoxy) is 1. The number of nitrogens with zero attached hydrogens (tertiary/aromatic N) is 2. The van der Waals surface area contributed by atoms with Gasteiger partial charge < -0.3 is 4.74 Å². The summed E-state index contributed by atoms with van der Waals surface area (Å²) < 4.78 is 7.29. The molecule has 1 aromatic heterocycles. The van der Waals surface area contributed by atoms with Gasteiger partial charge in [-0.05, 0) is 12.0 Å². The molecule has 12 heavy (non-hydrogen) atoms. The summed E-state index contributed by atoms with van der Waals surface area (Å²) in [5.41, 5.74) is 1.12. The Hall–Kier alpha value is -0.830. The van der Waals surface area contributed by atoms with Gasteiger partial charge in [-0.2, -0.15) is 5.10 Å². The third kappa shape index (κ3) is 2.66. The van der Waals surface area contributed by atoms with Crippen molar-refractivity contribution >= 4 is 0 Å². The van der Waals surface area contributed by atoms with Crippen molar-refractivity contribution in [3.05, 3.63) is 18.0 Å². The van der Waals surface area contributed by atoms with E-state index in [0.717, 1.165) is 12.3 Å². The first-order valence-corrected chi connectivity index (χ1v) is 4.24. The highest BCUT2D eigenvalue weighted by molar-refractivity contribution is 4.97. The van der Waals surface area contributed by atoms with Crippen LogP contribution in [0, 0.1) is 5.92 Å². The van der Waals surface area contributed by atoms with Gasteiger partial charge in [-0.3, -0.25) is 4.68 Å². The molecule has 1 heterocycles. The molecular formula is C9H16N2O. The topological polar surface area (TPSA) is 27.1 Å². The SMILES string of the molecule is CC(C)COCc1ccnn1C. The van der Waals surface area contributed by atoms with Gasteiger partial charge in [-0.15, -0.1) is 0 Å². The molecule has 1 rings (SSSR count). The first kappa shape index (κ1) is 9.26. The van der Waals surface area contributed by atoms with Crippen LogP contribution in [0.25, 0.3) is 0 Å². The summed E-state index contributed by atoms with van der Waals surface area (Å²) in [6.07, 6.45) is 1.79. The Morgan fingerprint density at radius 3 is 2.83 bits per heavy atom. The summed E-state index contributed by atoms with van der Waals surface area (Å²) in [5, 5.41) is 4.05. The maximum Gasteiger partial charge on any atom is 0.0884 e. The molecule has 0 spiro atoms. The second-order valence-electron chi connectivity index (χ2n) is 3.36. The predicted octanol–water partition coefficient (Wildman–Crippen LogP) is 1.59. The van der Waals surface area contributed by atoms with Crippen LogP contribution in [0.5, 0.6) is 0 Å². The Bertz CT molecular complexity index is 230.